The van der Waals surface area contributed by atoms with Crippen LogP contribution in [-0.4, -0.2) is 45.3 Å². The highest BCUT2D eigenvalue weighted by molar-refractivity contribution is 14.0. The van der Waals surface area contributed by atoms with Crippen molar-refractivity contribution in [3.8, 4) is 0 Å². The lowest BCUT2D eigenvalue weighted by atomic mass is 9.80. The molecule has 0 radical (unpaired) electrons. The van der Waals surface area contributed by atoms with Crippen molar-refractivity contribution in [1.82, 2.24) is 15.4 Å². The lowest BCUT2D eigenvalue weighted by Crippen LogP contribution is -2.48. The molecule has 0 atom stereocenters. The molecule has 0 unspecified atom stereocenters. The third-order valence-corrected chi connectivity index (χ3v) is 5.42. The monoisotopic (exact) mass is 488 g/mol. The van der Waals surface area contributed by atoms with Crippen LogP contribution in [0, 0.1) is 11.8 Å². The highest BCUT2D eigenvalue weighted by Gasteiger charge is 2.25. The number of guanidine groups is 1. The molecule has 1 aliphatic carbocycles. The smallest absolute Gasteiger partial charge is 0.209 e. The summed E-state index contributed by atoms with van der Waals surface area (Å²) in [5.41, 5.74) is -0.606. The molecule has 0 aliphatic heterocycles. The van der Waals surface area contributed by atoms with Crippen molar-refractivity contribution in [2.45, 2.75) is 71.9 Å². The van der Waals surface area contributed by atoms with E-state index in [1.807, 2.05) is 20.8 Å². The number of nitrogens with zero attached hydrogens (tertiary/aromatic N) is 1. The van der Waals surface area contributed by atoms with E-state index in [0.717, 1.165) is 37.2 Å². The number of nitrogens with one attached hydrogen (secondary N) is 3. The summed E-state index contributed by atoms with van der Waals surface area (Å²) in [5, 5.41) is 6.77. The zero-order valence-corrected chi connectivity index (χ0v) is 19.7. The van der Waals surface area contributed by atoms with Crippen LogP contribution in [-0.2, 0) is 10.0 Å². The Morgan fingerprint density at radius 1 is 1.20 bits per heavy atom. The number of rotatable bonds is 7. The van der Waals surface area contributed by atoms with Gasteiger partial charge in [0.05, 0.1) is 12.8 Å². The maximum Gasteiger partial charge on any atom is 0.209 e. The van der Waals surface area contributed by atoms with Gasteiger partial charge in [-0.25, -0.2) is 13.1 Å². The summed E-state index contributed by atoms with van der Waals surface area (Å²) in [7, 11) is -3.24. The molecule has 0 aromatic carbocycles. The van der Waals surface area contributed by atoms with Crippen LogP contribution in [0.4, 0.5) is 0 Å². The molecule has 0 bridgehead atoms. The molecule has 1 fully saturated rings. The zero-order chi connectivity index (χ0) is 18.4. The largest absolute Gasteiger partial charge is 0.357 e. The Labute approximate surface area is 171 Å². The van der Waals surface area contributed by atoms with E-state index in [2.05, 4.69) is 34.2 Å². The first-order chi connectivity index (χ1) is 11.0. The molecule has 1 aliphatic rings. The van der Waals surface area contributed by atoms with Gasteiger partial charge in [-0.1, -0.05) is 13.8 Å². The molecule has 3 N–H and O–H groups in total. The van der Waals surface area contributed by atoms with Crippen LogP contribution >= 0.6 is 24.0 Å². The van der Waals surface area contributed by atoms with Gasteiger partial charge in [0.15, 0.2) is 5.96 Å². The van der Waals surface area contributed by atoms with E-state index in [0.29, 0.717) is 12.6 Å². The Balaban J connectivity index is 0.00000576. The van der Waals surface area contributed by atoms with E-state index in [9.17, 15) is 8.42 Å². The van der Waals surface area contributed by atoms with Crippen molar-refractivity contribution in [3.63, 3.8) is 0 Å². The molecule has 25 heavy (non-hydrogen) atoms. The lowest BCUT2D eigenvalue weighted by molar-refractivity contribution is 0.250. The predicted molar refractivity (Wildman–Crippen MR) is 117 cm³/mol. The Morgan fingerprint density at radius 3 is 2.20 bits per heavy atom. The van der Waals surface area contributed by atoms with Crippen LogP contribution in [0.25, 0.3) is 0 Å². The normalized spacial score (nSPS) is 22.4. The maximum absolute atomic E-state index is 11.4. The van der Waals surface area contributed by atoms with Crippen molar-refractivity contribution in [3.05, 3.63) is 0 Å². The molecule has 8 heteroatoms. The standard InChI is InChI=1S/C17H36N4O2S.HI/c1-7-18-16(19-12-17(4,5)21-24(6,22)23)20-15-10-8-14(9-11-15)13(2)3;/h13-15,21H,7-12H2,1-6H3,(H2,18,19,20);1H. The van der Waals surface area contributed by atoms with Crippen molar-refractivity contribution < 1.29 is 8.42 Å². The van der Waals surface area contributed by atoms with Crippen molar-refractivity contribution in [2.24, 2.45) is 16.8 Å². The van der Waals surface area contributed by atoms with Crippen LogP contribution in [0.1, 0.15) is 60.3 Å². The van der Waals surface area contributed by atoms with Gasteiger partial charge in [-0.2, -0.15) is 0 Å². The van der Waals surface area contributed by atoms with Gasteiger partial charge < -0.3 is 10.6 Å². The van der Waals surface area contributed by atoms with Gasteiger partial charge in [0.2, 0.25) is 10.0 Å². The fraction of sp³-hybridized carbons (Fsp3) is 0.941. The first-order valence-electron chi connectivity index (χ1n) is 9.06. The summed E-state index contributed by atoms with van der Waals surface area (Å²) in [6, 6.07) is 0.448. The molecular weight excluding hydrogens is 451 g/mol. The highest BCUT2D eigenvalue weighted by atomic mass is 127. The van der Waals surface area contributed by atoms with Gasteiger partial charge in [-0.15, -0.1) is 24.0 Å². The molecule has 0 spiro atoms. The first-order valence-corrected chi connectivity index (χ1v) is 11.0. The predicted octanol–water partition coefficient (Wildman–Crippen LogP) is 2.70. The fourth-order valence-corrected chi connectivity index (χ4v) is 4.32. The Hall–Kier alpha value is -0.0900. The topological polar surface area (TPSA) is 82.6 Å². The van der Waals surface area contributed by atoms with Crippen molar-refractivity contribution in [1.29, 1.82) is 0 Å². The number of sulfonamides is 1. The maximum atomic E-state index is 11.4. The molecule has 0 saturated heterocycles. The molecule has 0 aromatic heterocycles. The average Bonchev–Trinajstić information content (AvgIpc) is 2.43. The Bertz CT molecular complexity index is 513. The summed E-state index contributed by atoms with van der Waals surface area (Å²) in [5.74, 6) is 2.37. The highest BCUT2D eigenvalue weighted by Crippen LogP contribution is 2.29. The van der Waals surface area contributed by atoms with Crippen LogP contribution in [0.2, 0.25) is 0 Å². The van der Waals surface area contributed by atoms with Gasteiger partial charge in [-0.3, -0.25) is 4.99 Å². The number of halogens is 1. The van der Waals surface area contributed by atoms with Crippen LogP contribution in [0.15, 0.2) is 4.99 Å². The van der Waals surface area contributed by atoms with E-state index in [-0.39, 0.29) is 24.0 Å². The van der Waals surface area contributed by atoms with Gasteiger partial charge in [0.1, 0.15) is 0 Å². The summed E-state index contributed by atoms with van der Waals surface area (Å²) in [4.78, 5) is 4.59. The molecule has 0 amide bonds. The SMILES string of the molecule is CCNC(=NCC(C)(C)NS(C)(=O)=O)NC1CCC(C(C)C)CC1.I. The first kappa shape index (κ1) is 24.9. The quantitative estimate of drug-likeness (QED) is 0.293. The average molecular weight is 488 g/mol. The number of aliphatic imine (C=N–C) groups is 1. The minimum absolute atomic E-state index is 0. The summed E-state index contributed by atoms with van der Waals surface area (Å²) in [6.45, 7) is 11.5. The van der Waals surface area contributed by atoms with Crippen molar-refractivity contribution >= 4 is 40.0 Å². The van der Waals surface area contributed by atoms with Crippen LogP contribution in [0.3, 0.4) is 0 Å². The van der Waals surface area contributed by atoms with Crippen LogP contribution < -0.4 is 15.4 Å². The van der Waals surface area contributed by atoms with Gasteiger partial charge in [0, 0.05) is 18.1 Å². The Morgan fingerprint density at radius 2 is 1.76 bits per heavy atom. The summed E-state index contributed by atoms with van der Waals surface area (Å²) < 4.78 is 25.5. The van der Waals surface area contributed by atoms with E-state index in [1.165, 1.54) is 19.1 Å². The number of hydrogen-bond donors (Lipinski definition) is 3. The van der Waals surface area contributed by atoms with Crippen molar-refractivity contribution in [2.75, 3.05) is 19.3 Å². The van der Waals surface area contributed by atoms with Gasteiger partial charge in [-0.05, 0) is 58.3 Å². The van der Waals surface area contributed by atoms with E-state index >= 15 is 0 Å². The second kappa shape index (κ2) is 10.9. The third kappa shape index (κ3) is 10.6. The zero-order valence-electron chi connectivity index (χ0n) is 16.6. The summed E-state index contributed by atoms with van der Waals surface area (Å²) in [6.07, 6.45) is 6.03. The third-order valence-electron chi connectivity index (χ3n) is 4.49. The minimum Gasteiger partial charge on any atom is -0.357 e. The Kier molecular flexibility index (Phi) is 10.9. The minimum atomic E-state index is -3.24. The number of hydrogen-bond acceptors (Lipinski definition) is 3. The molecule has 1 saturated carbocycles. The molecule has 150 valence electrons. The molecule has 0 heterocycles. The molecule has 1 rings (SSSR count). The second-order valence-corrected chi connectivity index (χ2v) is 9.70. The van der Waals surface area contributed by atoms with E-state index in [4.69, 9.17) is 0 Å². The lowest BCUT2D eigenvalue weighted by Gasteiger charge is -2.32. The molecule has 0 aromatic rings. The second-order valence-electron chi connectivity index (χ2n) is 7.95. The molecular formula is C17H37IN4O2S. The van der Waals surface area contributed by atoms with Gasteiger partial charge >= 0.3 is 0 Å². The fourth-order valence-electron chi connectivity index (χ4n) is 3.25. The van der Waals surface area contributed by atoms with E-state index < -0.39 is 15.6 Å². The van der Waals surface area contributed by atoms with E-state index in [1.54, 1.807) is 0 Å². The van der Waals surface area contributed by atoms with Gasteiger partial charge in [0.25, 0.3) is 0 Å². The molecule has 6 nitrogen and oxygen atoms in total. The summed E-state index contributed by atoms with van der Waals surface area (Å²) >= 11 is 0. The van der Waals surface area contributed by atoms with Crippen LogP contribution in [0.5, 0.6) is 0 Å².